The molecule has 1 saturated heterocycles. The number of amides is 2. The molecule has 1 N–H and O–H groups in total. The highest BCUT2D eigenvalue weighted by Gasteiger charge is 2.29. The van der Waals surface area contributed by atoms with Gasteiger partial charge in [0.2, 0.25) is 15.9 Å². The molecular weight excluding hydrogens is 444 g/mol. The minimum atomic E-state index is -3.78. The van der Waals surface area contributed by atoms with E-state index >= 15 is 0 Å². The van der Waals surface area contributed by atoms with Gasteiger partial charge in [0, 0.05) is 57.1 Å². The van der Waals surface area contributed by atoms with Crippen LogP contribution in [-0.4, -0.2) is 70.4 Å². The lowest BCUT2D eigenvalue weighted by Crippen LogP contribution is -2.49. The smallest absolute Gasteiger partial charge is 0.256 e. The normalized spacial score (nSPS) is 14.8. The molecule has 1 fully saturated rings. The first-order valence-electron chi connectivity index (χ1n) is 10.4. The zero-order valence-electron chi connectivity index (χ0n) is 18.1. The van der Waals surface area contributed by atoms with Gasteiger partial charge < -0.3 is 10.2 Å². The van der Waals surface area contributed by atoms with Gasteiger partial charge in [-0.1, -0.05) is 12.1 Å². The predicted octanol–water partition coefficient (Wildman–Crippen LogP) is 1.43. The summed E-state index contributed by atoms with van der Waals surface area (Å²) in [6.07, 6.45) is 3.43. The number of aromatic nitrogens is 3. The van der Waals surface area contributed by atoms with E-state index in [9.17, 15) is 18.0 Å². The summed E-state index contributed by atoms with van der Waals surface area (Å²) >= 11 is 0. The summed E-state index contributed by atoms with van der Waals surface area (Å²) in [6.45, 7) is 3.04. The van der Waals surface area contributed by atoms with Gasteiger partial charge in [-0.05, 0) is 30.3 Å². The minimum Gasteiger partial charge on any atom is -0.340 e. The quantitative estimate of drug-likeness (QED) is 0.585. The summed E-state index contributed by atoms with van der Waals surface area (Å²) in [7, 11) is -3.78. The van der Waals surface area contributed by atoms with Crippen molar-refractivity contribution < 1.29 is 18.0 Å². The van der Waals surface area contributed by atoms with Gasteiger partial charge in [-0.25, -0.2) is 8.42 Å². The van der Waals surface area contributed by atoms with Crippen molar-refractivity contribution in [3.63, 3.8) is 0 Å². The van der Waals surface area contributed by atoms with Crippen LogP contribution in [0.4, 0.5) is 5.82 Å². The molecular formula is C22H24N6O4S. The van der Waals surface area contributed by atoms with E-state index in [2.05, 4.69) is 15.4 Å². The predicted molar refractivity (Wildman–Crippen MR) is 121 cm³/mol. The Morgan fingerprint density at radius 1 is 1.03 bits per heavy atom. The van der Waals surface area contributed by atoms with Gasteiger partial charge in [0.05, 0.1) is 17.1 Å². The fraction of sp³-hybridized carbons (Fsp3) is 0.273. The van der Waals surface area contributed by atoms with Gasteiger partial charge in [0.15, 0.2) is 5.82 Å². The molecule has 10 nitrogen and oxygen atoms in total. The highest BCUT2D eigenvalue weighted by molar-refractivity contribution is 7.89. The van der Waals surface area contributed by atoms with Gasteiger partial charge in [-0.3, -0.25) is 19.3 Å². The Bertz CT molecular complexity index is 1250. The standard InChI is InChI=1S/C22H24N6O4S/c1-17(29)26-11-13-28(14-12-26)33(31,32)20-7-4-5-18(15-20)22(30)24-21-8-10-27(25-21)16-19-6-2-3-9-23-19/h2-10,15H,11-14,16H2,1H3,(H,24,25,30). The number of anilines is 1. The van der Waals surface area contributed by atoms with Crippen LogP contribution in [0.1, 0.15) is 23.0 Å². The highest BCUT2D eigenvalue weighted by atomic mass is 32.2. The molecule has 1 aliphatic rings. The van der Waals surface area contributed by atoms with Crippen molar-refractivity contribution in [3.05, 3.63) is 72.2 Å². The first kappa shape index (κ1) is 22.6. The Balaban J connectivity index is 1.43. The number of hydrogen-bond acceptors (Lipinski definition) is 6. The van der Waals surface area contributed by atoms with Crippen LogP contribution in [0.25, 0.3) is 0 Å². The lowest BCUT2D eigenvalue weighted by Gasteiger charge is -2.33. The molecule has 2 aromatic heterocycles. The molecule has 0 aliphatic carbocycles. The zero-order valence-corrected chi connectivity index (χ0v) is 18.9. The Morgan fingerprint density at radius 3 is 2.52 bits per heavy atom. The van der Waals surface area contributed by atoms with Crippen LogP contribution in [0.2, 0.25) is 0 Å². The largest absolute Gasteiger partial charge is 0.340 e. The maximum Gasteiger partial charge on any atom is 0.256 e. The second-order valence-electron chi connectivity index (χ2n) is 7.61. The van der Waals surface area contributed by atoms with Crippen molar-refractivity contribution >= 4 is 27.7 Å². The van der Waals surface area contributed by atoms with Gasteiger partial charge in [0.1, 0.15) is 0 Å². The third kappa shape index (κ3) is 5.26. The summed E-state index contributed by atoms with van der Waals surface area (Å²) in [4.78, 5) is 30.1. The number of sulfonamides is 1. The minimum absolute atomic E-state index is 0.0344. The topological polar surface area (TPSA) is 118 Å². The van der Waals surface area contributed by atoms with E-state index in [0.717, 1.165) is 5.69 Å². The third-order valence-corrected chi connectivity index (χ3v) is 7.25. The van der Waals surface area contributed by atoms with Crippen molar-refractivity contribution in [3.8, 4) is 0 Å². The molecule has 172 valence electrons. The lowest BCUT2D eigenvalue weighted by atomic mass is 10.2. The first-order valence-corrected chi connectivity index (χ1v) is 11.9. The van der Waals surface area contributed by atoms with Crippen LogP contribution < -0.4 is 5.32 Å². The molecule has 0 unspecified atom stereocenters. The second-order valence-corrected chi connectivity index (χ2v) is 9.55. The average molecular weight is 469 g/mol. The Labute approximate surface area is 191 Å². The molecule has 1 aliphatic heterocycles. The van der Waals surface area contributed by atoms with Crippen LogP contribution in [0.5, 0.6) is 0 Å². The number of nitrogens with one attached hydrogen (secondary N) is 1. The number of pyridine rings is 1. The maximum absolute atomic E-state index is 13.0. The summed E-state index contributed by atoms with van der Waals surface area (Å²) in [5.74, 6) is -0.186. The summed E-state index contributed by atoms with van der Waals surface area (Å²) < 4.78 is 29.1. The number of benzene rings is 1. The molecule has 11 heteroatoms. The van der Waals surface area contributed by atoms with Gasteiger partial charge in [-0.2, -0.15) is 9.40 Å². The van der Waals surface area contributed by atoms with Crippen LogP contribution in [0.3, 0.4) is 0 Å². The maximum atomic E-state index is 13.0. The Kier molecular flexibility index (Phi) is 6.52. The lowest BCUT2D eigenvalue weighted by molar-refractivity contribution is -0.129. The molecule has 33 heavy (non-hydrogen) atoms. The van der Waals surface area contributed by atoms with Crippen LogP contribution in [0.15, 0.2) is 65.8 Å². The molecule has 1 aromatic carbocycles. The van der Waals surface area contributed by atoms with Gasteiger partial charge >= 0.3 is 0 Å². The van der Waals surface area contributed by atoms with E-state index in [-0.39, 0.29) is 29.5 Å². The molecule has 0 atom stereocenters. The fourth-order valence-electron chi connectivity index (χ4n) is 3.55. The van der Waals surface area contributed by atoms with E-state index in [1.807, 2.05) is 18.2 Å². The van der Waals surface area contributed by atoms with Gasteiger partial charge in [0.25, 0.3) is 5.91 Å². The highest BCUT2D eigenvalue weighted by Crippen LogP contribution is 2.20. The SMILES string of the molecule is CC(=O)N1CCN(S(=O)(=O)c2cccc(C(=O)Nc3ccn(Cc4ccccn4)n3)c2)CC1. The van der Waals surface area contributed by atoms with Crippen LogP contribution in [-0.2, 0) is 21.4 Å². The Hall–Kier alpha value is -3.57. The Morgan fingerprint density at radius 2 is 1.82 bits per heavy atom. The van der Waals surface area contributed by atoms with E-state index in [4.69, 9.17) is 0 Å². The van der Waals surface area contributed by atoms with Crippen LogP contribution in [0, 0.1) is 0 Å². The molecule has 2 amide bonds. The molecule has 0 radical (unpaired) electrons. The first-order chi connectivity index (χ1) is 15.8. The number of carbonyl (C=O) groups is 2. The summed E-state index contributed by atoms with van der Waals surface area (Å²) in [6, 6.07) is 13.2. The molecule has 4 rings (SSSR count). The van der Waals surface area contributed by atoms with E-state index in [0.29, 0.717) is 25.5 Å². The third-order valence-electron chi connectivity index (χ3n) is 5.35. The number of piperazine rings is 1. The molecule has 0 bridgehead atoms. The van der Waals surface area contributed by atoms with Crippen molar-refractivity contribution in [1.82, 2.24) is 24.0 Å². The van der Waals surface area contributed by atoms with Crippen molar-refractivity contribution in [2.75, 3.05) is 31.5 Å². The average Bonchev–Trinajstić information content (AvgIpc) is 3.26. The monoisotopic (exact) mass is 468 g/mol. The number of hydrogen-bond donors (Lipinski definition) is 1. The van der Waals surface area contributed by atoms with Crippen molar-refractivity contribution in [2.45, 2.75) is 18.4 Å². The van der Waals surface area contributed by atoms with Gasteiger partial charge in [-0.15, -0.1) is 0 Å². The molecule has 0 spiro atoms. The van der Waals surface area contributed by atoms with Crippen molar-refractivity contribution in [1.29, 1.82) is 0 Å². The number of rotatable bonds is 6. The van der Waals surface area contributed by atoms with E-state index < -0.39 is 15.9 Å². The second kappa shape index (κ2) is 9.51. The molecule has 0 saturated carbocycles. The van der Waals surface area contributed by atoms with E-state index in [1.54, 1.807) is 34.1 Å². The molecule has 3 aromatic rings. The van der Waals surface area contributed by atoms with Crippen LogP contribution >= 0.6 is 0 Å². The number of carbonyl (C=O) groups excluding carboxylic acids is 2. The summed E-state index contributed by atoms with van der Waals surface area (Å²) in [5, 5.41) is 7.02. The van der Waals surface area contributed by atoms with E-state index in [1.165, 1.54) is 29.4 Å². The van der Waals surface area contributed by atoms with Crippen molar-refractivity contribution in [2.24, 2.45) is 0 Å². The zero-order chi connectivity index (χ0) is 23.4. The fourth-order valence-corrected chi connectivity index (χ4v) is 5.02. The summed E-state index contributed by atoms with van der Waals surface area (Å²) in [5.41, 5.74) is 1.04. The molecule has 3 heterocycles. The number of nitrogens with zero attached hydrogens (tertiary/aromatic N) is 5.